The lowest BCUT2D eigenvalue weighted by Gasteiger charge is -2.46. The average molecular weight is 393 g/mol. The summed E-state index contributed by atoms with van der Waals surface area (Å²) in [6, 6.07) is 0. The van der Waals surface area contributed by atoms with Gasteiger partial charge in [-0.1, -0.05) is 6.08 Å². The minimum atomic E-state index is -0.210. The zero-order valence-electron chi connectivity index (χ0n) is 16.9. The van der Waals surface area contributed by atoms with Crippen LogP contribution in [0, 0.1) is 18.3 Å². The van der Waals surface area contributed by atoms with Crippen molar-refractivity contribution in [3.05, 3.63) is 42.0 Å². The van der Waals surface area contributed by atoms with Crippen molar-refractivity contribution in [1.29, 1.82) is 0 Å². The van der Waals surface area contributed by atoms with E-state index in [2.05, 4.69) is 42.4 Å². The van der Waals surface area contributed by atoms with Crippen LogP contribution >= 0.6 is 0 Å². The molecule has 1 N–H and O–H groups in total. The highest BCUT2D eigenvalue weighted by atomic mass is 16.2. The molecule has 5 rings (SSSR count). The van der Waals surface area contributed by atoms with Crippen LogP contribution in [0.2, 0.25) is 0 Å². The van der Waals surface area contributed by atoms with Crippen LogP contribution in [0.5, 0.6) is 0 Å². The summed E-state index contributed by atoms with van der Waals surface area (Å²) in [5, 5.41) is 3.34. The summed E-state index contributed by atoms with van der Waals surface area (Å²) in [6.07, 6.45) is 15.7. The van der Waals surface area contributed by atoms with Crippen LogP contribution in [0.25, 0.3) is 0 Å². The van der Waals surface area contributed by atoms with Crippen molar-refractivity contribution in [2.24, 2.45) is 16.3 Å². The molecule has 0 bridgehead atoms. The van der Waals surface area contributed by atoms with Crippen LogP contribution in [0.15, 0.2) is 41.3 Å². The molecular formula is C22H28N6O. The predicted octanol–water partition coefficient (Wildman–Crippen LogP) is 2.06. The van der Waals surface area contributed by atoms with Gasteiger partial charge >= 0.3 is 0 Å². The molecule has 1 amide bonds. The van der Waals surface area contributed by atoms with Gasteiger partial charge in [-0.25, -0.2) is 4.98 Å². The van der Waals surface area contributed by atoms with Crippen LogP contribution in [-0.4, -0.2) is 59.3 Å². The first-order valence-electron chi connectivity index (χ1n) is 10.6. The maximum Gasteiger partial charge on any atom is 0.229 e. The minimum absolute atomic E-state index is 0.0996. The number of hydrogen-bond donors (Lipinski definition) is 1. The highest BCUT2D eigenvalue weighted by Gasteiger charge is 2.46. The Morgan fingerprint density at radius 2 is 2.07 bits per heavy atom. The number of hydrogen-bond acceptors (Lipinski definition) is 6. The summed E-state index contributed by atoms with van der Waals surface area (Å²) in [4.78, 5) is 31.3. The number of amides is 1. The van der Waals surface area contributed by atoms with E-state index >= 15 is 0 Å². The van der Waals surface area contributed by atoms with Crippen molar-refractivity contribution >= 4 is 17.9 Å². The number of fused-ring (bicyclic) bond motifs is 1. The molecule has 7 heteroatoms. The van der Waals surface area contributed by atoms with Crippen LogP contribution in [0.1, 0.15) is 31.4 Å². The second-order valence-electron chi connectivity index (χ2n) is 8.66. The van der Waals surface area contributed by atoms with E-state index in [1.807, 2.05) is 25.4 Å². The highest BCUT2D eigenvalue weighted by molar-refractivity contribution is 5.84. The van der Waals surface area contributed by atoms with Crippen molar-refractivity contribution < 1.29 is 4.79 Å². The summed E-state index contributed by atoms with van der Waals surface area (Å²) in [5.74, 6) is 1.54. The van der Waals surface area contributed by atoms with Crippen LogP contribution in [0.4, 0.5) is 5.82 Å². The van der Waals surface area contributed by atoms with Crippen LogP contribution in [-0.2, 0) is 4.79 Å². The monoisotopic (exact) mass is 392 g/mol. The number of nitrogens with one attached hydrogen (secondary N) is 1. The number of dihydropyridines is 1. The first kappa shape index (κ1) is 18.3. The topological polar surface area (TPSA) is 73.7 Å². The number of likely N-dealkylation sites (tertiary alicyclic amines) is 1. The van der Waals surface area contributed by atoms with Crippen molar-refractivity contribution in [3.8, 4) is 0 Å². The maximum absolute atomic E-state index is 13.5. The Balaban J connectivity index is 1.26. The summed E-state index contributed by atoms with van der Waals surface area (Å²) >= 11 is 0. The normalized spacial score (nSPS) is 27.8. The summed E-state index contributed by atoms with van der Waals surface area (Å²) < 4.78 is 0. The lowest BCUT2D eigenvalue weighted by molar-refractivity contribution is -0.147. The van der Waals surface area contributed by atoms with Crippen molar-refractivity contribution in [2.75, 3.05) is 31.1 Å². The van der Waals surface area contributed by atoms with Gasteiger partial charge in [-0.15, -0.1) is 0 Å². The Kier molecular flexibility index (Phi) is 4.60. The third kappa shape index (κ3) is 3.32. The average Bonchev–Trinajstić information content (AvgIpc) is 3.15. The first-order chi connectivity index (χ1) is 14.1. The molecular weight excluding hydrogens is 364 g/mol. The van der Waals surface area contributed by atoms with Gasteiger partial charge in [-0.3, -0.25) is 14.8 Å². The van der Waals surface area contributed by atoms with Gasteiger partial charge in [0, 0.05) is 44.5 Å². The second-order valence-corrected chi connectivity index (χ2v) is 8.66. The molecule has 1 aromatic rings. The summed E-state index contributed by atoms with van der Waals surface area (Å²) in [5.41, 5.74) is 1.99. The number of nitrogens with zero attached hydrogens (tertiary/aromatic N) is 5. The molecule has 2 atom stereocenters. The molecule has 1 spiro atoms. The Labute approximate surface area is 171 Å². The molecule has 5 heterocycles. The lowest BCUT2D eigenvalue weighted by atomic mass is 9.71. The summed E-state index contributed by atoms with van der Waals surface area (Å²) in [6.45, 7) is 5.26. The molecule has 0 aliphatic carbocycles. The van der Waals surface area contributed by atoms with Gasteiger partial charge in [0.15, 0.2) is 0 Å². The van der Waals surface area contributed by atoms with E-state index in [1.54, 1.807) is 6.20 Å². The van der Waals surface area contributed by atoms with Gasteiger partial charge in [0.25, 0.3) is 0 Å². The van der Waals surface area contributed by atoms with Crippen LogP contribution < -0.4 is 10.2 Å². The molecule has 4 aliphatic rings. The number of carbonyl (C=O) groups is 1. The molecule has 4 aliphatic heterocycles. The summed E-state index contributed by atoms with van der Waals surface area (Å²) in [7, 11) is 0. The predicted molar refractivity (Wildman–Crippen MR) is 113 cm³/mol. The molecule has 0 aromatic carbocycles. The van der Waals surface area contributed by atoms with Gasteiger partial charge in [-0.2, -0.15) is 0 Å². The molecule has 29 heavy (non-hydrogen) atoms. The lowest BCUT2D eigenvalue weighted by Crippen LogP contribution is -2.54. The zero-order valence-corrected chi connectivity index (χ0v) is 16.9. The molecule has 152 valence electrons. The zero-order chi connectivity index (χ0) is 19.8. The number of carbonyl (C=O) groups excluding carboxylic acids is 1. The largest absolute Gasteiger partial charge is 0.369 e. The molecule has 0 radical (unpaired) electrons. The Bertz CT molecular complexity index is 883. The standard InChI is InChI=1S/C22H28N6O/c1-16-12-23-14-19(26-16)27-10-6-22(7-11-27)5-3-9-28(21(22)29)15-17-13-25-20-18(17)4-2-8-24-20/h2,4,8,12-14,18,20,25H,3,5-7,9-11,15H2,1H3. The number of aromatic nitrogens is 2. The van der Waals surface area contributed by atoms with Crippen molar-refractivity contribution in [2.45, 2.75) is 38.8 Å². The molecule has 2 saturated heterocycles. The molecule has 0 saturated carbocycles. The number of rotatable bonds is 3. The Morgan fingerprint density at radius 1 is 1.21 bits per heavy atom. The smallest absolute Gasteiger partial charge is 0.229 e. The van der Waals surface area contributed by atoms with Gasteiger partial charge in [0.05, 0.1) is 17.3 Å². The minimum Gasteiger partial charge on any atom is -0.369 e. The highest BCUT2D eigenvalue weighted by Crippen LogP contribution is 2.42. The van der Waals surface area contributed by atoms with Crippen LogP contribution in [0.3, 0.4) is 0 Å². The van der Waals surface area contributed by atoms with E-state index in [-0.39, 0.29) is 17.5 Å². The SMILES string of the molecule is Cc1cncc(N2CCC3(CCCN(CC4=CNC5N=CC=CC45)C3=O)CC2)n1. The fourth-order valence-electron chi connectivity index (χ4n) is 5.18. The van der Waals surface area contributed by atoms with E-state index in [4.69, 9.17) is 0 Å². The number of allylic oxidation sites excluding steroid dienone is 1. The van der Waals surface area contributed by atoms with Gasteiger partial charge < -0.3 is 15.1 Å². The number of aliphatic imine (C=N–C) groups is 1. The Morgan fingerprint density at radius 3 is 2.90 bits per heavy atom. The number of aryl methyl sites for hydroxylation is 1. The van der Waals surface area contributed by atoms with E-state index in [1.165, 1.54) is 5.57 Å². The second kappa shape index (κ2) is 7.28. The van der Waals surface area contributed by atoms with Crippen molar-refractivity contribution in [3.63, 3.8) is 0 Å². The number of anilines is 1. The molecule has 2 fully saturated rings. The molecule has 7 nitrogen and oxygen atoms in total. The van der Waals surface area contributed by atoms with Gasteiger partial charge in [-0.05, 0) is 50.5 Å². The van der Waals surface area contributed by atoms with Gasteiger partial charge in [0.2, 0.25) is 5.91 Å². The molecule has 1 aromatic heterocycles. The fraction of sp³-hybridized carbons (Fsp3) is 0.545. The van der Waals surface area contributed by atoms with E-state index in [0.29, 0.717) is 12.5 Å². The third-order valence-electron chi connectivity index (χ3n) is 6.84. The number of piperidine rings is 2. The fourth-order valence-corrected chi connectivity index (χ4v) is 5.18. The van der Waals surface area contributed by atoms with E-state index in [9.17, 15) is 4.79 Å². The first-order valence-corrected chi connectivity index (χ1v) is 10.6. The maximum atomic E-state index is 13.5. The Hall–Kier alpha value is -2.70. The van der Waals surface area contributed by atoms with E-state index < -0.39 is 0 Å². The quantitative estimate of drug-likeness (QED) is 0.852. The third-order valence-corrected chi connectivity index (χ3v) is 6.84. The van der Waals surface area contributed by atoms with Gasteiger partial charge in [0.1, 0.15) is 12.0 Å². The van der Waals surface area contributed by atoms with Crippen molar-refractivity contribution in [1.82, 2.24) is 20.2 Å². The molecule has 2 unspecified atom stereocenters. The van der Waals surface area contributed by atoms with E-state index in [0.717, 1.165) is 56.8 Å².